The van der Waals surface area contributed by atoms with Crippen LogP contribution in [0.25, 0.3) is 0 Å². The molecule has 0 aromatic carbocycles. The zero-order valence-corrected chi connectivity index (χ0v) is 18.3. The minimum Gasteiger partial charge on any atom is -0.391 e. The summed E-state index contributed by atoms with van der Waals surface area (Å²) < 4.78 is 6.97. The lowest BCUT2D eigenvalue weighted by Gasteiger charge is -2.34. The molecule has 2 unspecified atom stereocenters. The predicted octanol–water partition coefficient (Wildman–Crippen LogP) is -0.158. The van der Waals surface area contributed by atoms with Gasteiger partial charge in [-0.2, -0.15) is 0 Å². The molecular weight excluding hydrogens is 388 g/mol. The maximum absolute atomic E-state index is 13.5. The molecule has 1 aromatic heterocycles. The summed E-state index contributed by atoms with van der Waals surface area (Å²) in [6.45, 7) is 8.10. The number of rotatable bonds is 6. The number of hydrogen-bond acceptors (Lipinski definition) is 7. The third-order valence-electron chi connectivity index (χ3n) is 5.78. The Morgan fingerprint density at radius 1 is 1.33 bits per heavy atom. The Kier molecular flexibility index (Phi) is 7.10. The van der Waals surface area contributed by atoms with Crippen molar-refractivity contribution in [3.05, 3.63) is 11.9 Å². The molecule has 10 nitrogen and oxygen atoms in total. The number of likely N-dealkylation sites (tertiary alicyclic amines) is 1. The summed E-state index contributed by atoms with van der Waals surface area (Å²) in [6.07, 6.45) is 3.25. The largest absolute Gasteiger partial charge is 0.391 e. The second kappa shape index (κ2) is 9.40. The first-order chi connectivity index (χ1) is 14.2. The monoisotopic (exact) mass is 422 g/mol. The number of aliphatic hydroxyl groups is 1. The van der Waals surface area contributed by atoms with Crippen LogP contribution in [0.3, 0.4) is 0 Å². The van der Waals surface area contributed by atoms with Crippen LogP contribution >= 0.6 is 0 Å². The number of likely N-dealkylation sites (N-methyl/N-ethyl adjacent to an activating group) is 1. The van der Waals surface area contributed by atoms with Gasteiger partial charge in [-0.05, 0) is 18.3 Å². The molecule has 0 bridgehead atoms. The quantitative estimate of drug-likeness (QED) is 0.582. The Bertz CT molecular complexity index is 740. The fraction of sp³-hybridized carbons (Fsp3) is 0.800. The molecule has 3 heterocycles. The zero-order chi connectivity index (χ0) is 21.9. The predicted molar refractivity (Wildman–Crippen MR) is 109 cm³/mol. The first kappa shape index (κ1) is 22.6. The molecule has 0 saturated carbocycles. The fourth-order valence-corrected chi connectivity index (χ4v) is 4.18. The highest BCUT2D eigenvalue weighted by atomic mass is 16.5. The van der Waals surface area contributed by atoms with Crippen molar-refractivity contribution in [3.63, 3.8) is 0 Å². The summed E-state index contributed by atoms with van der Waals surface area (Å²) in [5, 5.41) is 24.6. The van der Waals surface area contributed by atoms with Gasteiger partial charge in [0.15, 0.2) is 0 Å². The number of nitrogens with zero attached hydrogens (tertiary/aromatic N) is 4. The summed E-state index contributed by atoms with van der Waals surface area (Å²) in [6, 6.07) is -0.928. The van der Waals surface area contributed by atoms with Crippen molar-refractivity contribution in [1.82, 2.24) is 30.5 Å². The van der Waals surface area contributed by atoms with E-state index in [1.165, 1.54) is 11.9 Å². The van der Waals surface area contributed by atoms with Crippen LogP contribution < -0.4 is 10.6 Å². The van der Waals surface area contributed by atoms with Crippen LogP contribution in [0.15, 0.2) is 6.20 Å². The number of nitrogens with one attached hydrogen (secondary N) is 2. The van der Waals surface area contributed by atoms with E-state index < -0.39 is 23.6 Å². The van der Waals surface area contributed by atoms with E-state index in [1.807, 2.05) is 20.8 Å². The van der Waals surface area contributed by atoms with Crippen LogP contribution in [-0.4, -0.2) is 81.8 Å². The molecule has 2 amide bonds. The molecule has 0 spiro atoms. The van der Waals surface area contributed by atoms with E-state index in [2.05, 4.69) is 20.9 Å². The van der Waals surface area contributed by atoms with Gasteiger partial charge in [0.05, 0.1) is 18.0 Å². The lowest BCUT2D eigenvalue weighted by molar-refractivity contribution is -0.144. The van der Waals surface area contributed by atoms with E-state index >= 15 is 0 Å². The fourth-order valence-electron chi connectivity index (χ4n) is 4.18. The van der Waals surface area contributed by atoms with E-state index in [-0.39, 0.29) is 24.8 Å². The average molecular weight is 423 g/mol. The van der Waals surface area contributed by atoms with Crippen LogP contribution in [0.4, 0.5) is 0 Å². The maximum Gasteiger partial charge on any atom is 0.248 e. The Hall–Kier alpha value is -2.04. The molecule has 0 aliphatic carbocycles. The molecule has 3 rings (SSSR count). The molecule has 2 aliphatic rings. The number of carbonyl (C=O) groups excluding carboxylic acids is 2. The molecule has 2 aliphatic heterocycles. The van der Waals surface area contributed by atoms with Gasteiger partial charge in [-0.25, -0.2) is 4.68 Å². The summed E-state index contributed by atoms with van der Waals surface area (Å²) >= 11 is 0. The molecule has 2 fully saturated rings. The van der Waals surface area contributed by atoms with Crippen LogP contribution in [0.1, 0.15) is 51.8 Å². The highest BCUT2D eigenvalue weighted by Crippen LogP contribution is 2.34. The first-order valence-corrected chi connectivity index (χ1v) is 10.6. The molecule has 10 heteroatoms. The zero-order valence-electron chi connectivity index (χ0n) is 18.3. The number of amides is 2. The minimum absolute atomic E-state index is 0.135. The van der Waals surface area contributed by atoms with Gasteiger partial charge in [0.25, 0.3) is 0 Å². The Morgan fingerprint density at radius 3 is 2.67 bits per heavy atom. The van der Waals surface area contributed by atoms with Crippen LogP contribution in [-0.2, 0) is 20.9 Å². The van der Waals surface area contributed by atoms with Crippen LogP contribution in [0.5, 0.6) is 0 Å². The normalized spacial score (nSPS) is 24.1. The number of β-amino-alcohol motifs (C(OH)–C–C–N with tert-alkyl or cyclic N) is 1. The maximum atomic E-state index is 13.5. The van der Waals surface area contributed by atoms with Gasteiger partial charge in [-0.3, -0.25) is 9.59 Å². The van der Waals surface area contributed by atoms with Gasteiger partial charge >= 0.3 is 0 Å². The van der Waals surface area contributed by atoms with E-state index in [1.54, 1.807) is 10.9 Å². The van der Waals surface area contributed by atoms with Gasteiger partial charge < -0.3 is 25.4 Å². The minimum atomic E-state index is -0.716. The van der Waals surface area contributed by atoms with E-state index in [0.29, 0.717) is 12.6 Å². The SMILES string of the molecule is CNC(=O)[C@H]1CC(O)CN1C(=O)C(n1cc(CNC2CCOCC2)nn1)C(C)(C)C. The van der Waals surface area contributed by atoms with Crippen molar-refractivity contribution < 1.29 is 19.4 Å². The van der Waals surface area contributed by atoms with Gasteiger partial charge in [0, 0.05) is 45.8 Å². The van der Waals surface area contributed by atoms with Crippen LogP contribution in [0, 0.1) is 5.41 Å². The number of carbonyl (C=O) groups is 2. The smallest absolute Gasteiger partial charge is 0.248 e. The van der Waals surface area contributed by atoms with Crippen molar-refractivity contribution >= 4 is 11.8 Å². The topological polar surface area (TPSA) is 122 Å². The molecule has 0 radical (unpaired) electrons. The number of aromatic nitrogens is 3. The van der Waals surface area contributed by atoms with Crippen molar-refractivity contribution in [2.75, 3.05) is 26.8 Å². The first-order valence-electron chi connectivity index (χ1n) is 10.6. The third-order valence-corrected chi connectivity index (χ3v) is 5.78. The number of hydrogen-bond donors (Lipinski definition) is 3. The van der Waals surface area contributed by atoms with E-state index in [4.69, 9.17) is 4.74 Å². The molecule has 1 aromatic rings. The van der Waals surface area contributed by atoms with E-state index in [9.17, 15) is 14.7 Å². The summed E-state index contributed by atoms with van der Waals surface area (Å²) in [5.41, 5.74) is 0.296. The lowest BCUT2D eigenvalue weighted by Crippen LogP contribution is -2.49. The Balaban J connectivity index is 1.75. The standard InChI is InChI=1S/C20H34N6O4/c1-20(2,3)17(19(29)25-12-15(27)9-16(25)18(28)21-4)26-11-14(23-24-26)10-22-13-5-7-30-8-6-13/h11,13,15-17,22,27H,5-10,12H2,1-4H3,(H,21,28)/t15?,16-,17?/m1/s1. The molecular formula is C20H34N6O4. The van der Waals surface area contributed by atoms with Gasteiger partial charge in [0.1, 0.15) is 12.1 Å². The summed E-state index contributed by atoms with van der Waals surface area (Å²) in [4.78, 5) is 27.2. The van der Waals surface area contributed by atoms with Gasteiger partial charge in [0.2, 0.25) is 11.8 Å². The highest BCUT2D eigenvalue weighted by molar-refractivity contribution is 5.90. The van der Waals surface area contributed by atoms with Crippen molar-refractivity contribution in [1.29, 1.82) is 0 Å². The number of aliphatic hydroxyl groups excluding tert-OH is 1. The second-order valence-electron chi connectivity index (χ2n) is 9.24. The third kappa shape index (κ3) is 5.16. The highest BCUT2D eigenvalue weighted by Gasteiger charge is 2.45. The van der Waals surface area contributed by atoms with Crippen molar-refractivity contribution in [3.8, 4) is 0 Å². The van der Waals surface area contributed by atoms with Crippen molar-refractivity contribution in [2.24, 2.45) is 5.41 Å². The molecule has 168 valence electrons. The Morgan fingerprint density at radius 2 is 2.03 bits per heavy atom. The molecule has 3 N–H and O–H groups in total. The average Bonchev–Trinajstić information content (AvgIpc) is 3.32. The van der Waals surface area contributed by atoms with E-state index in [0.717, 1.165) is 31.7 Å². The van der Waals surface area contributed by atoms with Crippen molar-refractivity contribution in [2.45, 2.75) is 70.8 Å². The summed E-state index contributed by atoms with van der Waals surface area (Å²) in [7, 11) is 1.53. The van der Waals surface area contributed by atoms with Gasteiger partial charge in [-0.1, -0.05) is 26.0 Å². The summed E-state index contributed by atoms with van der Waals surface area (Å²) in [5.74, 6) is -0.506. The second-order valence-corrected chi connectivity index (χ2v) is 9.24. The van der Waals surface area contributed by atoms with Crippen LogP contribution in [0.2, 0.25) is 0 Å². The number of ether oxygens (including phenoxy) is 1. The molecule has 2 saturated heterocycles. The Labute approximate surface area is 177 Å². The molecule has 30 heavy (non-hydrogen) atoms. The lowest BCUT2D eigenvalue weighted by atomic mass is 9.85. The molecule has 3 atom stereocenters. The van der Waals surface area contributed by atoms with Gasteiger partial charge in [-0.15, -0.1) is 5.10 Å².